The molecule has 0 amide bonds. The molecule has 0 radical (unpaired) electrons. The lowest BCUT2D eigenvalue weighted by Gasteiger charge is -2.22. The second kappa shape index (κ2) is 5.41. The summed E-state index contributed by atoms with van der Waals surface area (Å²) in [6.45, 7) is 0.653. The van der Waals surface area contributed by atoms with Crippen LogP contribution < -0.4 is 9.86 Å². The van der Waals surface area contributed by atoms with E-state index in [0.29, 0.717) is 26.1 Å². The van der Waals surface area contributed by atoms with Gasteiger partial charge in [0.1, 0.15) is 0 Å². The summed E-state index contributed by atoms with van der Waals surface area (Å²) >= 11 is 0. The second-order valence-corrected chi connectivity index (χ2v) is 7.40. The SMILES string of the molecule is NS(=O)(=O)CCNS(=O)(=O)C1CCOCC1. The fourth-order valence-corrected chi connectivity index (χ4v) is 3.38. The molecular weight excluding hydrogens is 256 g/mol. The van der Waals surface area contributed by atoms with Gasteiger partial charge in [-0.25, -0.2) is 26.7 Å². The molecule has 0 aromatic carbocycles. The number of hydrogen-bond acceptors (Lipinski definition) is 5. The van der Waals surface area contributed by atoms with Crippen molar-refractivity contribution < 1.29 is 21.6 Å². The molecule has 0 atom stereocenters. The van der Waals surface area contributed by atoms with Crippen molar-refractivity contribution in [1.82, 2.24) is 4.72 Å². The fourth-order valence-electron chi connectivity index (χ4n) is 1.43. The molecule has 0 spiro atoms. The average molecular weight is 272 g/mol. The van der Waals surface area contributed by atoms with Gasteiger partial charge in [-0.2, -0.15) is 0 Å². The molecule has 0 aromatic rings. The number of sulfonamides is 2. The summed E-state index contributed by atoms with van der Waals surface area (Å²) in [5, 5.41) is 4.26. The van der Waals surface area contributed by atoms with Crippen LogP contribution in [0, 0.1) is 0 Å². The van der Waals surface area contributed by atoms with Crippen LogP contribution in [-0.2, 0) is 24.8 Å². The van der Waals surface area contributed by atoms with Gasteiger partial charge in [-0.15, -0.1) is 0 Å². The summed E-state index contributed by atoms with van der Waals surface area (Å²) in [5.41, 5.74) is 0. The highest BCUT2D eigenvalue weighted by molar-refractivity contribution is 7.90. The van der Waals surface area contributed by atoms with E-state index >= 15 is 0 Å². The molecule has 16 heavy (non-hydrogen) atoms. The molecule has 7 nitrogen and oxygen atoms in total. The van der Waals surface area contributed by atoms with Gasteiger partial charge in [0, 0.05) is 19.8 Å². The Kier molecular flexibility index (Phi) is 4.68. The third-order valence-electron chi connectivity index (χ3n) is 2.30. The van der Waals surface area contributed by atoms with Crippen LogP contribution >= 0.6 is 0 Å². The standard InChI is InChI=1S/C7H16N2O5S2/c8-15(10,11)6-3-9-16(12,13)7-1-4-14-5-2-7/h7,9H,1-6H2,(H2,8,10,11). The Morgan fingerprint density at radius 1 is 1.19 bits per heavy atom. The Hall–Kier alpha value is -0.220. The molecule has 1 heterocycles. The van der Waals surface area contributed by atoms with Crippen LogP contribution in [0.15, 0.2) is 0 Å². The Labute approximate surface area is 95.4 Å². The fraction of sp³-hybridized carbons (Fsp3) is 1.00. The van der Waals surface area contributed by atoms with Crippen molar-refractivity contribution in [3.8, 4) is 0 Å². The molecule has 1 fully saturated rings. The summed E-state index contributed by atoms with van der Waals surface area (Å²) in [7, 11) is -7.08. The average Bonchev–Trinajstić information content (AvgIpc) is 2.17. The van der Waals surface area contributed by atoms with E-state index in [9.17, 15) is 16.8 Å². The topological polar surface area (TPSA) is 116 Å². The number of nitrogens with two attached hydrogens (primary N) is 1. The van der Waals surface area contributed by atoms with E-state index in [-0.39, 0.29) is 6.54 Å². The lowest BCUT2D eigenvalue weighted by Crippen LogP contribution is -2.40. The van der Waals surface area contributed by atoms with Gasteiger partial charge >= 0.3 is 0 Å². The zero-order valence-electron chi connectivity index (χ0n) is 8.76. The minimum atomic E-state index is -3.63. The van der Waals surface area contributed by atoms with Crippen molar-refractivity contribution in [2.24, 2.45) is 5.14 Å². The summed E-state index contributed by atoms with van der Waals surface area (Å²) < 4.78 is 51.9. The highest BCUT2D eigenvalue weighted by Gasteiger charge is 2.27. The summed E-state index contributed by atoms with van der Waals surface area (Å²) in [4.78, 5) is 0. The van der Waals surface area contributed by atoms with E-state index in [1.165, 1.54) is 0 Å². The number of primary sulfonamides is 1. The molecule has 0 aliphatic carbocycles. The van der Waals surface area contributed by atoms with E-state index in [2.05, 4.69) is 4.72 Å². The Balaban J connectivity index is 2.45. The van der Waals surface area contributed by atoms with Crippen LogP contribution in [0.5, 0.6) is 0 Å². The molecule has 3 N–H and O–H groups in total. The molecule has 96 valence electrons. The monoisotopic (exact) mass is 272 g/mol. The first kappa shape index (κ1) is 13.8. The predicted molar refractivity (Wildman–Crippen MR) is 58.7 cm³/mol. The number of nitrogens with one attached hydrogen (secondary N) is 1. The maximum Gasteiger partial charge on any atom is 0.214 e. The van der Waals surface area contributed by atoms with Crippen molar-refractivity contribution in [3.63, 3.8) is 0 Å². The zero-order valence-corrected chi connectivity index (χ0v) is 10.4. The van der Waals surface area contributed by atoms with E-state index < -0.39 is 31.0 Å². The molecular formula is C7H16N2O5S2. The maximum atomic E-state index is 11.7. The molecule has 1 aliphatic rings. The minimum absolute atomic E-state index is 0.182. The van der Waals surface area contributed by atoms with Crippen molar-refractivity contribution in [3.05, 3.63) is 0 Å². The van der Waals surface area contributed by atoms with Gasteiger partial charge in [-0.1, -0.05) is 0 Å². The molecule has 1 rings (SSSR count). The molecule has 0 aromatic heterocycles. The van der Waals surface area contributed by atoms with Crippen molar-refractivity contribution >= 4 is 20.0 Å². The Bertz CT molecular complexity index is 410. The molecule has 0 saturated carbocycles. The predicted octanol–water partition coefficient (Wildman–Crippen LogP) is -1.63. The third-order valence-corrected chi connectivity index (χ3v) is 5.03. The van der Waals surface area contributed by atoms with Crippen molar-refractivity contribution in [2.45, 2.75) is 18.1 Å². The van der Waals surface area contributed by atoms with E-state index in [0.717, 1.165) is 0 Å². The van der Waals surface area contributed by atoms with Crippen LogP contribution in [0.4, 0.5) is 0 Å². The van der Waals surface area contributed by atoms with E-state index in [4.69, 9.17) is 9.88 Å². The van der Waals surface area contributed by atoms with Crippen LogP contribution in [0.25, 0.3) is 0 Å². The third kappa shape index (κ3) is 4.74. The highest BCUT2D eigenvalue weighted by Crippen LogP contribution is 2.14. The molecule has 9 heteroatoms. The van der Waals surface area contributed by atoms with Crippen LogP contribution in [-0.4, -0.2) is 47.6 Å². The van der Waals surface area contributed by atoms with Gasteiger partial charge in [-0.3, -0.25) is 0 Å². The summed E-state index contributed by atoms with van der Waals surface area (Å²) in [6.07, 6.45) is 0.870. The lowest BCUT2D eigenvalue weighted by atomic mass is 10.2. The van der Waals surface area contributed by atoms with Gasteiger partial charge in [0.15, 0.2) is 0 Å². The smallest absolute Gasteiger partial charge is 0.214 e. The van der Waals surface area contributed by atoms with Crippen molar-refractivity contribution in [1.29, 1.82) is 0 Å². The quantitative estimate of drug-likeness (QED) is 0.623. The molecule has 1 aliphatic heterocycles. The molecule has 0 unspecified atom stereocenters. The van der Waals surface area contributed by atoms with Gasteiger partial charge < -0.3 is 4.74 Å². The number of rotatable bonds is 5. The number of hydrogen-bond donors (Lipinski definition) is 2. The van der Waals surface area contributed by atoms with Gasteiger partial charge in [0.05, 0.1) is 11.0 Å². The molecule has 1 saturated heterocycles. The van der Waals surface area contributed by atoms with E-state index in [1.54, 1.807) is 0 Å². The first-order valence-electron chi connectivity index (χ1n) is 4.88. The van der Waals surface area contributed by atoms with Crippen LogP contribution in [0.1, 0.15) is 12.8 Å². The Morgan fingerprint density at radius 3 is 2.25 bits per heavy atom. The second-order valence-electron chi connectivity index (χ2n) is 3.62. The zero-order chi connectivity index (χ0) is 12.2. The Morgan fingerprint density at radius 2 is 1.75 bits per heavy atom. The normalized spacial score (nSPS) is 19.8. The van der Waals surface area contributed by atoms with Gasteiger partial charge in [0.25, 0.3) is 0 Å². The van der Waals surface area contributed by atoms with Gasteiger partial charge in [0.2, 0.25) is 20.0 Å². The van der Waals surface area contributed by atoms with Gasteiger partial charge in [-0.05, 0) is 12.8 Å². The van der Waals surface area contributed by atoms with Crippen LogP contribution in [0.2, 0.25) is 0 Å². The first-order valence-corrected chi connectivity index (χ1v) is 8.14. The highest BCUT2D eigenvalue weighted by atomic mass is 32.2. The lowest BCUT2D eigenvalue weighted by molar-refractivity contribution is 0.0981. The number of ether oxygens (including phenoxy) is 1. The van der Waals surface area contributed by atoms with Crippen LogP contribution in [0.3, 0.4) is 0 Å². The van der Waals surface area contributed by atoms with E-state index in [1.807, 2.05) is 0 Å². The summed E-state index contributed by atoms with van der Waals surface area (Å²) in [6, 6.07) is 0. The minimum Gasteiger partial charge on any atom is -0.381 e. The molecule has 0 bridgehead atoms. The summed E-state index contributed by atoms with van der Waals surface area (Å²) in [5.74, 6) is -0.393. The largest absolute Gasteiger partial charge is 0.381 e. The maximum absolute atomic E-state index is 11.7. The van der Waals surface area contributed by atoms with Crippen molar-refractivity contribution in [2.75, 3.05) is 25.5 Å². The first-order chi connectivity index (χ1) is 7.31.